The molecule has 0 aliphatic rings. The minimum Gasteiger partial charge on any atom is -0.493 e. The molecular weight excluding hydrogens is 352 g/mol. The van der Waals surface area contributed by atoms with Crippen LogP contribution in [0.15, 0.2) is 77.9 Å². The summed E-state index contributed by atoms with van der Waals surface area (Å²) < 4.78 is 10.5. The largest absolute Gasteiger partial charge is 0.493 e. The summed E-state index contributed by atoms with van der Waals surface area (Å²) in [5.74, 6) is 0.985. The molecule has 5 heteroatoms. The Kier molecular flexibility index (Phi) is 6.07. The molecule has 0 atom stereocenters. The van der Waals surface area contributed by atoms with E-state index in [-0.39, 0.29) is 5.91 Å². The molecule has 0 aromatic heterocycles. The smallest absolute Gasteiger partial charge is 0.271 e. The molecule has 0 bridgehead atoms. The van der Waals surface area contributed by atoms with Gasteiger partial charge in [-0.1, -0.05) is 42.5 Å². The Morgan fingerprint density at radius 2 is 1.39 bits per heavy atom. The molecule has 0 radical (unpaired) electrons. The zero-order valence-electron chi connectivity index (χ0n) is 16.1. The topological polar surface area (TPSA) is 59.9 Å². The normalized spacial score (nSPS) is 11.0. The van der Waals surface area contributed by atoms with E-state index in [9.17, 15) is 4.79 Å². The molecule has 3 rings (SSSR count). The quantitative estimate of drug-likeness (QED) is 0.510. The fourth-order valence-electron chi connectivity index (χ4n) is 2.77. The zero-order valence-corrected chi connectivity index (χ0v) is 16.1. The van der Waals surface area contributed by atoms with Gasteiger partial charge in [-0.05, 0) is 48.4 Å². The van der Waals surface area contributed by atoms with Crippen molar-refractivity contribution in [1.29, 1.82) is 0 Å². The molecule has 1 N–H and O–H groups in total. The molecular formula is C23H22N2O3. The second-order valence-corrected chi connectivity index (χ2v) is 6.15. The van der Waals surface area contributed by atoms with Crippen LogP contribution in [0.25, 0.3) is 11.1 Å². The average Bonchev–Trinajstić information content (AvgIpc) is 2.77. The van der Waals surface area contributed by atoms with Gasteiger partial charge in [-0.25, -0.2) is 5.43 Å². The number of hydrogen-bond acceptors (Lipinski definition) is 4. The van der Waals surface area contributed by atoms with Crippen molar-refractivity contribution in [2.45, 2.75) is 6.92 Å². The first-order valence-corrected chi connectivity index (χ1v) is 8.85. The van der Waals surface area contributed by atoms with Crippen LogP contribution in [0.2, 0.25) is 0 Å². The van der Waals surface area contributed by atoms with Gasteiger partial charge in [0.15, 0.2) is 11.5 Å². The van der Waals surface area contributed by atoms with E-state index < -0.39 is 0 Å². The number of amides is 1. The number of carbonyl (C=O) groups excluding carboxylic acids is 1. The van der Waals surface area contributed by atoms with Gasteiger partial charge >= 0.3 is 0 Å². The number of benzene rings is 3. The molecule has 0 fully saturated rings. The van der Waals surface area contributed by atoms with Crippen LogP contribution in [0.5, 0.6) is 11.5 Å². The Morgan fingerprint density at radius 1 is 0.786 bits per heavy atom. The monoisotopic (exact) mass is 374 g/mol. The summed E-state index contributed by atoms with van der Waals surface area (Å²) in [5.41, 5.74) is 6.80. The summed E-state index contributed by atoms with van der Waals surface area (Å²) >= 11 is 0. The maximum absolute atomic E-state index is 12.4. The van der Waals surface area contributed by atoms with Gasteiger partial charge in [0, 0.05) is 11.1 Å². The van der Waals surface area contributed by atoms with Crippen molar-refractivity contribution in [2.75, 3.05) is 14.2 Å². The van der Waals surface area contributed by atoms with Gasteiger partial charge in [0.25, 0.3) is 5.91 Å². The number of methoxy groups -OCH3 is 2. The van der Waals surface area contributed by atoms with Gasteiger partial charge < -0.3 is 9.47 Å². The summed E-state index contributed by atoms with van der Waals surface area (Å²) in [7, 11) is 3.16. The lowest BCUT2D eigenvalue weighted by molar-refractivity contribution is 0.0955. The highest BCUT2D eigenvalue weighted by Crippen LogP contribution is 2.27. The molecule has 28 heavy (non-hydrogen) atoms. The number of rotatable bonds is 6. The molecule has 5 nitrogen and oxygen atoms in total. The molecule has 0 aliphatic heterocycles. The zero-order chi connectivity index (χ0) is 19.9. The molecule has 0 saturated heterocycles. The number of nitrogens with zero attached hydrogens (tertiary/aromatic N) is 1. The van der Waals surface area contributed by atoms with Crippen LogP contribution in [-0.2, 0) is 0 Å². The Labute approximate surface area is 164 Å². The number of hydrazone groups is 1. The van der Waals surface area contributed by atoms with Crippen LogP contribution in [0.1, 0.15) is 22.8 Å². The second-order valence-electron chi connectivity index (χ2n) is 6.15. The first-order chi connectivity index (χ1) is 13.6. The molecule has 3 aromatic carbocycles. The maximum Gasteiger partial charge on any atom is 0.271 e. The molecule has 3 aromatic rings. The Hall–Kier alpha value is -3.60. The number of carbonyl (C=O) groups is 1. The Bertz CT molecular complexity index is 980. The summed E-state index contributed by atoms with van der Waals surface area (Å²) in [5, 5.41) is 4.20. The average molecular weight is 374 g/mol. The predicted molar refractivity (Wildman–Crippen MR) is 111 cm³/mol. The van der Waals surface area contributed by atoms with Gasteiger partial charge in [0.1, 0.15) is 0 Å². The summed E-state index contributed by atoms with van der Waals surface area (Å²) in [6.07, 6.45) is 0. The lowest BCUT2D eigenvalue weighted by atomic mass is 10.0. The van der Waals surface area contributed by atoms with Crippen LogP contribution >= 0.6 is 0 Å². The van der Waals surface area contributed by atoms with Crippen molar-refractivity contribution in [3.8, 4) is 22.6 Å². The highest BCUT2D eigenvalue weighted by atomic mass is 16.5. The van der Waals surface area contributed by atoms with Crippen molar-refractivity contribution in [1.82, 2.24) is 5.43 Å². The molecule has 0 saturated carbocycles. The Morgan fingerprint density at radius 3 is 2.04 bits per heavy atom. The molecule has 0 heterocycles. The fraction of sp³-hybridized carbons (Fsp3) is 0.130. The minimum atomic E-state index is -0.264. The third-order valence-corrected chi connectivity index (χ3v) is 4.38. The van der Waals surface area contributed by atoms with Gasteiger partial charge in [0.2, 0.25) is 0 Å². The molecule has 0 unspecified atom stereocenters. The van der Waals surface area contributed by atoms with Crippen LogP contribution in [0.4, 0.5) is 0 Å². The van der Waals surface area contributed by atoms with E-state index in [1.807, 2.05) is 61.5 Å². The van der Waals surface area contributed by atoms with E-state index in [2.05, 4.69) is 10.5 Å². The third kappa shape index (κ3) is 4.38. The highest BCUT2D eigenvalue weighted by Gasteiger charge is 2.08. The molecule has 0 aliphatic carbocycles. The third-order valence-electron chi connectivity index (χ3n) is 4.38. The molecule has 0 spiro atoms. The number of ether oxygens (including phenoxy) is 2. The van der Waals surface area contributed by atoms with E-state index in [4.69, 9.17) is 9.47 Å². The fourth-order valence-corrected chi connectivity index (χ4v) is 2.77. The molecule has 1 amide bonds. The van der Waals surface area contributed by atoms with E-state index >= 15 is 0 Å². The van der Waals surface area contributed by atoms with Crippen LogP contribution in [0, 0.1) is 0 Å². The maximum atomic E-state index is 12.4. The van der Waals surface area contributed by atoms with Crippen LogP contribution in [0.3, 0.4) is 0 Å². The van der Waals surface area contributed by atoms with E-state index in [1.165, 1.54) is 0 Å². The summed E-state index contributed by atoms with van der Waals surface area (Å²) in [6.45, 7) is 1.82. The summed E-state index contributed by atoms with van der Waals surface area (Å²) in [6, 6.07) is 22.9. The second kappa shape index (κ2) is 8.86. The molecule has 142 valence electrons. The standard InChI is InChI=1S/C23H22N2O3/c1-16(20-13-14-21(27-2)22(15-20)28-3)24-25-23(26)19-11-9-18(10-12-19)17-7-5-4-6-8-17/h4-15H,1-3H3,(H,25,26)/b24-16+. The van der Waals surface area contributed by atoms with E-state index in [0.29, 0.717) is 22.8 Å². The van der Waals surface area contributed by atoms with Gasteiger partial charge in [0.05, 0.1) is 19.9 Å². The highest BCUT2D eigenvalue weighted by molar-refractivity contribution is 6.01. The first kappa shape index (κ1) is 19.2. The minimum absolute atomic E-state index is 0.264. The van der Waals surface area contributed by atoms with Gasteiger partial charge in [-0.3, -0.25) is 4.79 Å². The van der Waals surface area contributed by atoms with Gasteiger partial charge in [-0.2, -0.15) is 5.10 Å². The van der Waals surface area contributed by atoms with Crippen molar-refractivity contribution < 1.29 is 14.3 Å². The van der Waals surface area contributed by atoms with Crippen molar-refractivity contribution in [2.24, 2.45) is 5.10 Å². The van der Waals surface area contributed by atoms with E-state index in [1.54, 1.807) is 32.4 Å². The SMILES string of the molecule is COc1ccc(/C(C)=N/NC(=O)c2ccc(-c3ccccc3)cc2)cc1OC. The van der Waals surface area contributed by atoms with E-state index in [0.717, 1.165) is 16.7 Å². The van der Waals surface area contributed by atoms with Crippen molar-refractivity contribution in [3.05, 3.63) is 83.9 Å². The first-order valence-electron chi connectivity index (χ1n) is 8.85. The number of hydrogen-bond donors (Lipinski definition) is 1. The number of nitrogens with one attached hydrogen (secondary N) is 1. The van der Waals surface area contributed by atoms with Crippen LogP contribution < -0.4 is 14.9 Å². The van der Waals surface area contributed by atoms with Crippen LogP contribution in [-0.4, -0.2) is 25.8 Å². The lowest BCUT2D eigenvalue weighted by Crippen LogP contribution is -2.19. The van der Waals surface area contributed by atoms with Gasteiger partial charge in [-0.15, -0.1) is 0 Å². The summed E-state index contributed by atoms with van der Waals surface area (Å²) in [4.78, 5) is 12.4. The van der Waals surface area contributed by atoms with Crippen molar-refractivity contribution >= 4 is 11.6 Å². The van der Waals surface area contributed by atoms with Crippen molar-refractivity contribution in [3.63, 3.8) is 0 Å². The predicted octanol–water partition coefficient (Wildman–Crippen LogP) is 4.52. The lowest BCUT2D eigenvalue weighted by Gasteiger charge is -2.09. The Balaban J connectivity index is 1.70.